The number of hydrazine groups is 2. The van der Waals surface area contributed by atoms with Crippen LogP contribution in [0.2, 0.25) is 0 Å². The smallest absolute Gasteiger partial charge is 0.177 e. The third kappa shape index (κ3) is 2.39. The number of nitrogens with one attached hydrogen (secondary N) is 2. The Hall–Kier alpha value is -0.645. The third-order valence-corrected chi connectivity index (χ3v) is 3.86. The quantitative estimate of drug-likeness (QED) is 0.288. The van der Waals surface area contributed by atoms with Crippen molar-refractivity contribution in [1.82, 2.24) is 16.0 Å². The van der Waals surface area contributed by atoms with Crippen LogP contribution in [0.4, 0.5) is 0 Å². The monoisotopic (exact) mass is 276 g/mol. The van der Waals surface area contributed by atoms with Gasteiger partial charge in [0.2, 0.25) is 0 Å². The summed E-state index contributed by atoms with van der Waals surface area (Å²) in [4.78, 5) is 0. The summed E-state index contributed by atoms with van der Waals surface area (Å²) in [6, 6.07) is -0.665. The van der Waals surface area contributed by atoms with Gasteiger partial charge in [0, 0.05) is 0 Å². The Morgan fingerprint density at radius 1 is 1.50 bits per heavy atom. The van der Waals surface area contributed by atoms with Crippen LogP contribution < -0.4 is 16.7 Å². The predicted octanol–water partition coefficient (Wildman–Crippen LogP) is -3.84. The molecule has 18 heavy (non-hydrogen) atoms. The second kappa shape index (κ2) is 5.55. The highest BCUT2D eigenvalue weighted by atomic mass is 32.2. The van der Waals surface area contributed by atoms with Crippen molar-refractivity contribution in [3.63, 3.8) is 0 Å². The lowest BCUT2D eigenvalue weighted by atomic mass is 9.97. The fourth-order valence-corrected chi connectivity index (χ4v) is 2.79. The number of aliphatic hydroxyl groups is 3. The minimum atomic E-state index is -1.04. The first-order valence-electron chi connectivity index (χ1n) is 5.51. The minimum absolute atomic E-state index is 0.318. The zero-order chi connectivity index (χ0) is 13.3. The van der Waals surface area contributed by atoms with E-state index < -0.39 is 29.8 Å². The zero-order valence-electron chi connectivity index (χ0n) is 9.85. The largest absolute Gasteiger partial charge is 0.394 e. The second-order valence-corrected chi connectivity index (χ2v) is 5.10. The maximum absolute atomic E-state index is 10.2. The fourth-order valence-electron chi connectivity index (χ4n) is 2.10. The van der Waals surface area contributed by atoms with Crippen molar-refractivity contribution in [2.45, 2.75) is 29.8 Å². The van der Waals surface area contributed by atoms with E-state index >= 15 is 0 Å². The summed E-state index contributed by atoms with van der Waals surface area (Å²) in [7, 11) is 1.79. The van der Waals surface area contributed by atoms with Crippen molar-refractivity contribution in [3.05, 3.63) is 12.0 Å². The van der Waals surface area contributed by atoms with Gasteiger partial charge in [-0.1, -0.05) is 0 Å². The van der Waals surface area contributed by atoms with Gasteiger partial charge in [0.25, 0.3) is 0 Å². The number of nitrogens with two attached hydrogens (primary N) is 1. The molecule has 1 saturated heterocycles. The molecule has 2 unspecified atom stereocenters. The average Bonchev–Trinajstić information content (AvgIpc) is 2.76. The van der Waals surface area contributed by atoms with Gasteiger partial charge in [0.15, 0.2) is 7.12 Å². The number of aliphatic hydroxyl groups excluding tert-OH is 3. The number of rotatable bonds is 3. The highest BCUT2D eigenvalue weighted by Gasteiger charge is 2.47. The zero-order valence-corrected chi connectivity index (χ0v) is 10.7. The van der Waals surface area contributed by atoms with Gasteiger partial charge < -0.3 is 25.8 Å². The van der Waals surface area contributed by atoms with Crippen LogP contribution in [-0.4, -0.2) is 63.8 Å². The maximum atomic E-state index is 10.2. The summed E-state index contributed by atoms with van der Waals surface area (Å²) in [5, 5.41) is 31.0. The number of ether oxygens (including phenoxy) is 1. The van der Waals surface area contributed by atoms with Crippen LogP contribution in [0.1, 0.15) is 0 Å². The average molecular weight is 276 g/mol. The summed E-state index contributed by atoms with van der Waals surface area (Å²) in [5.41, 5.74) is 10.4. The van der Waals surface area contributed by atoms with Crippen LogP contribution in [0.3, 0.4) is 0 Å². The Bertz CT molecular complexity index is 320. The van der Waals surface area contributed by atoms with Gasteiger partial charge in [-0.2, -0.15) is 11.6 Å². The lowest BCUT2D eigenvalue weighted by Gasteiger charge is -2.45. The summed E-state index contributed by atoms with van der Waals surface area (Å²) < 4.78 is 5.41. The second-order valence-electron chi connectivity index (χ2n) is 4.16. The molecule has 2 rings (SSSR count). The molecule has 0 aromatic heterocycles. The van der Waals surface area contributed by atoms with Crippen LogP contribution in [0.5, 0.6) is 0 Å². The molecule has 2 aliphatic rings. The molecule has 102 valence electrons. The highest BCUT2D eigenvalue weighted by Crippen LogP contribution is 2.29. The van der Waals surface area contributed by atoms with Crippen molar-refractivity contribution in [1.29, 1.82) is 0 Å². The molecule has 10 heteroatoms. The molecule has 5 atom stereocenters. The van der Waals surface area contributed by atoms with Crippen molar-refractivity contribution < 1.29 is 20.1 Å². The van der Waals surface area contributed by atoms with Crippen LogP contribution in [0.25, 0.3) is 0 Å². The van der Waals surface area contributed by atoms with E-state index in [0.29, 0.717) is 5.82 Å². The van der Waals surface area contributed by atoms with Gasteiger partial charge in [-0.3, -0.25) is 10.4 Å². The van der Waals surface area contributed by atoms with E-state index in [-0.39, 0.29) is 6.61 Å². The first-order chi connectivity index (χ1) is 8.58. The van der Waals surface area contributed by atoms with E-state index in [1.54, 1.807) is 7.12 Å². The van der Waals surface area contributed by atoms with Gasteiger partial charge >= 0.3 is 0 Å². The Morgan fingerprint density at radius 3 is 2.72 bits per heavy atom. The molecule has 0 spiro atoms. The molecule has 0 aromatic rings. The Labute approximate surface area is 109 Å². The van der Waals surface area contributed by atoms with Crippen molar-refractivity contribution in [3.8, 4) is 0 Å². The fraction of sp³-hybridized carbons (Fsp3) is 0.750. The van der Waals surface area contributed by atoms with Gasteiger partial charge in [-0.15, -0.1) is 5.53 Å². The molecule has 0 amide bonds. The number of hydrogen-bond acceptors (Lipinski definition) is 9. The molecule has 0 aliphatic carbocycles. The summed E-state index contributed by atoms with van der Waals surface area (Å²) >= 11 is 1.32. The van der Waals surface area contributed by atoms with Crippen molar-refractivity contribution in [2.75, 3.05) is 6.61 Å². The molecular formula is C8H17BN4O4S. The molecule has 8 nitrogen and oxygen atoms in total. The predicted molar refractivity (Wildman–Crippen MR) is 68.1 cm³/mol. The van der Waals surface area contributed by atoms with E-state index in [2.05, 4.69) is 11.0 Å². The molecule has 0 bridgehead atoms. The van der Waals surface area contributed by atoms with Crippen LogP contribution in [-0.2, 0) is 4.74 Å². The number of nitrogens with zero attached hydrogens (tertiary/aromatic N) is 1. The summed E-state index contributed by atoms with van der Waals surface area (Å²) in [6.07, 6.45) is -1.17. The lowest BCUT2D eigenvalue weighted by molar-refractivity contribution is -0.188. The Morgan fingerprint density at radius 2 is 2.22 bits per heavy atom. The van der Waals surface area contributed by atoms with Crippen molar-refractivity contribution in [2.24, 2.45) is 5.73 Å². The van der Waals surface area contributed by atoms with Crippen molar-refractivity contribution >= 4 is 18.7 Å². The molecule has 2 heterocycles. The van der Waals surface area contributed by atoms with E-state index in [1.165, 1.54) is 22.8 Å². The first kappa shape index (κ1) is 13.8. The molecular weight excluding hydrogens is 259 g/mol. The minimum Gasteiger partial charge on any atom is -0.394 e. The first-order valence-corrected chi connectivity index (χ1v) is 6.79. The van der Waals surface area contributed by atoms with Crippen LogP contribution >= 0.6 is 11.6 Å². The highest BCUT2D eigenvalue weighted by molar-refractivity contribution is 8.20. The van der Waals surface area contributed by atoms with Gasteiger partial charge in [-0.05, 0) is 0 Å². The molecule has 7 N–H and O–H groups in total. The molecule has 2 aliphatic heterocycles. The third-order valence-electron chi connectivity index (χ3n) is 3.01. The lowest BCUT2D eigenvalue weighted by Crippen LogP contribution is -2.65. The summed E-state index contributed by atoms with van der Waals surface area (Å²) in [5.74, 6) is 0.377. The van der Waals surface area contributed by atoms with E-state index in [9.17, 15) is 15.3 Å². The summed E-state index contributed by atoms with van der Waals surface area (Å²) in [6.45, 7) is -0.318. The maximum Gasteiger partial charge on any atom is 0.177 e. The molecule has 0 aromatic carbocycles. The van der Waals surface area contributed by atoms with Crippen LogP contribution in [0, 0.1) is 0 Å². The molecule has 0 saturated carbocycles. The molecule has 1 fully saturated rings. The van der Waals surface area contributed by atoms with Crippen LogP contribution in [0.15, 0.2) is 12.0 Å². The van der Waals surface area contributed by atoms with Gasteiger partial charge in [0.1, 0.15) is 35.6 Å². The van der Waals surface area contributed by atoms with Gasteiger partial charge in [0.05, 0.1) is 12.8 Å². The van der Waals surface area contributed by atoms with E-state index in [4.69, 9.17) is 10.5 Å². The topological polar surface area (TPSA) is 123 Å². The SMILES string of the molecule is BS[C@H]1OC(CO)[C@H](O)[C@H](N2C=C(N)NN2)C1O. The number of hydrogen-bond donors (Lipinski definition) is 6. The normalized spacial score (nSPS) is 40.5. The standard InChI is InChI=1S/C8H17BN4O4S/c9-18-8-7(16)5(6(15)3(2-14)17-8)13-1-4(10)11-12-13/h1,3,5-8,11-12,14-16H,2,9-10H2/t3?,5-,6-,7?,8+/m0/s1. The Balaban J connectivity index is 2.18. The van der Waals surface area contributed by atoms with Gasteiger partial charge in [-0.25, -0.2) is 0 Å². The van der Waals surface area contributed by atoms with E-state index in [0.717, 1.165) is 0 Å². The van der Waals surface area contributed by atoms with E-state index in [1.807, 2.05) is 0 Å². The molecule has 0 radical (unpaired) electrons. The Kier molecular flexibility index (Phi) is 4.25.